The van der Waals surface area contributed by atoms with Gasteiger partial charge in [0.1, 0.15) is 11.5 Å². The van der Waals surface area contributed by atoms with Gasteiger partial charge in [0, 0.05) is 5.69 Å². The SMILES string of the molecule is CC[C@@H]1CC(C)CO/C(C)=C(\N(O)NC(=O)Nc2c3c(cc4c2CCC4)CCC3)C=N1. The number of rotatable bonds is 4. The number of hydroxylamine groups is 1. The Morgan fingerprint density at radius 2 is 1.90 bits per heavy atom. The molecule has 3 N–H and O–H groups in total. The van der Waals surface area contributed by atoms with E-state index in [1.54, 1.807) is 13.1 Å². The van der Waals surface area contributed by atoms with Gasteiger partial charge in [0.05, 0.1) is 18.9 Å². The van der Waals surface area contributed by atoms with Gasteiger partial charge in [-0.1, -0.05) is 19.9 Å². The summed E-state index contributed by atoms with van der Waals surface area (Å²) in [5.74, 6) is 0.888. The van der Waals surface area contributed by atoms with Gasteiger partial charge in [0.2, 0.25) is 0 Å². The van der Waals surface area contributed by atoms with Crippen LogP contribution in [-0.4, -0.2) is 35.3 Å². The maximum atomic E-state index is 12.8. The van der Waals surface area contributed by atoms with Crippen molar-refractivity contribution in [2.75, 3.05) is 11.9 Å². The molecule has 0 fully saturated rings. The summed E-state index contributed by atoms with van der Waals surface area (Å²) in [5.41, 5.74) is 9.03. The maximum Gasteiger partial charge on any atom is 0.339 e. The Bertz CT molecular complexity index is 876. The molecule has 168 valence electrons. The van der Waals surface area contributed by atoms with Crippen LogP contribution < -0.4 is 10.7 Å². The van der Waals surface area contributed by atoms with Crippen molar-refractivity contribution in [2.24, 2.45) is 10.9 Å². The normalized spacial score (nSPS) is 25.0. The number of nitrogens with one attached hydrogen (secondary N) is 2. The standard InChI is InChI=1S/C24H34N4O3/c1-4-19-11-15(2)14-31-16(3)22(13-25-19)28(30)27-24(29)26-23-20-9-5-7-17(20)12-18-8-6-10-21(18)23/h12-13,15,19,30H,4-11,14H2,1-3H3,(H2,26,27,29)/b22-16-,25-13?/t15?,19-/m1/s1. The summed E-state index contributed by atoms with van der Waals surface area (Å²) in [5, 5.41) is 14.4. The van der Waals surface area contributed by atoms with Crippen LogP contribution in [0, 0.1) is 5.92 Å². The molecule has 0 saturated heterocycles. The number of aliphatic imine (C=N–C) groups is 1. The summed E-state index contributed by atoms with van der Waals surface area (Å²) < 4.78 is 5.84. The van der Waals surface area contributed by atoms with Gasteiger partial charge in [0.15, 0.2) is 0 Å². The summed E-state index contributed by atoms with van der Waals surface area (Å²) in [4.78, 5) is 17.4. The molecule has 7 nitrogen and oxygen atoms in total. The number of aryl methyl sites for hydroxylation is 2. The van der Waals surface area contributed by atoms with E-state index in [-0.39, 0.29) is 6.04 Å². The first-order valence-electron chi connectivity index (χ1n) is 11.6. The Hall–Kier alpha value is -2.54. The summed E-state index contributed by atoms with van der Waals surface area (Å²) in [6, 6.07) is 2.03. The molecular weight excluding hydrogens is 392 g/mol. The average Bonchev–Trinajstić information content (AvgIpc) is 3.40. The van der Waals surface area contributed by atoms with Crippen LogP contribution in [0.25, 0.3) is 0 Å². The van der Waals surface area contributed by atoms with E-state index in [2.05, 4.69) is 35.6 Å². The number of hydrazine groups is 1. The molecule has 1 aliphatic heterocycles. The van der Waals surface area contributed by atoms with Crippen molar-refractivity contribution in [3.63, 3.8) is 0 Å². The van der Waals surface area contributed by atoms with E-state index in [1.807, 2.05) is 0 Å². The van der Waals surface area contributed by atoms with Gasteiger partial charge < -0.3 is 10.1 Å². The third-order valence-corrected chi connectivity index (χ3v) is 6.65. The second kappa shape index (κ2) is 9.30. The molecule has 4 rings (SSSR count). The number of hydrogen-bond donors (Lipinski definition) is 3. The highest BCUT2D eigenvalue weighted by Gasteiger charge is 2.26. The monoisotopic (exact) mass is 426 g/mol. The summed E-state index contributed by atoms with van der Waals surface area (Å²) in [6.45, 7) is 6.57. The third kappa shape index (κ3) is 4.71. The van der Waals surface area contributed by atoms with Crippen molar-refractivity contribution >= 4 is 17.9 Å². The number of anilines is 1. The van der Waals surface area contributed by atoms with E-state index in [1.165, 1.54) is 22.3 Å². The zero-order valence-corrected chi connectivity index (χ0v) is 18.8. The van der Waals surface area contributed by atoms with E-state index in [0.29, 0.717) is 24.0 Å². The summed E-state index contributed by atoms with van der Waals surface area (Å²) in [7, 11) is 0. The van der Waals surface area contributed by atoms with Gasteiger partial charge in [-0.15, -0.1) is 0 Å². The largest absolute Gasteiger partial charge is 0.496 e. The van der Waals surface area contributed by atoms with Crippen LogP contribution in [-0.2, 0) is 30.4 Å². The first-order chi connectivity index (χ1) is 15.0. The number of urea groups is 1. The van der Waals surface area contributed by atoms with Crippen LogP contribution in [0.2, 0.25) is 0 Å². The highest BCUT2D eigenvalue weighted by molar-refractivity contribution is 5.92. The Kier molecular flexibility index (Phi) is 6.51. The van der Waals surface area contributed by atoms with Crippen LogP contribution >= 0.6 is 0 Å². The molecule has 0 aromatic heterocycles. The number of nitrogens with zero attached hydrogens (tertiary/aromatic N) is 2. The molecule has 1 aromatic rings. The van der Waals surface area contributed by atoms with Crippen LogP contribution in [0.4, 0.5) is 10.5 Å². The molecule has 0 radical (unpaired) electrons. The molecule has 31 heavy (non-hydrogen) atoms. The number of amides is 2. The lowest BCUT2D eigenvalue weighted by atomic mass is 9.99. The molecule has 2 atom stereocenters. The Morgan fingerprint density at radius 3 is 2.55 bits per heavy atom. The Labute approximate surface area is 184 Å². The minimum Gasteiger partial charge on any atom is -0.496 e. The molecule has 2 amide bonds. The number of benzene rings is 1. The van der Waals surface area contributed by atoms with Gasteiger partial charge >= 0.3 is 6.03 Å². The van der Waals surface area contributed by atoms with E-state index in [9.17, 15) is 10.0 Å². The second-order valence-corrected chi connectivity index (χ2v) is 9.05. The number of fused-ring (bicyclic) bond motifs is 2. The lowest BCUT2D eigenvalue weighted by Crippen LogP contribution is -2.43. The van der Waals surface area contributed by atoms with Gasteiger partial charge in [0.25, 0.3) is 0 Å². The van der Waals surface area contributed by atoms with Crippen LogP contribution in [0.5, 0.6) is 0 Å². The third-order valence-electron chi connectivity index (χ3n) is 6.65. The lowest BCUT2D eigenvalue weighted by molar-refractivity contribution is -0.0841. The van der Waals surface area contributed by atoms with Crippen LogP contribution in [0.1, 0.15) is 68.7 Å². The molecule has 1 heterocycles. The topological polar surface area (TPSA) is 86.2 Å². The minimum atomic E-state index is -0.467. The van der Waals surface area contributed by atoms with E-state index < -0.39 is 6.03 Å². The predicted octanol–water partition coefficient (Wildman–Crippen LogP) is 4.53. The van der Waals surface area contributed by atoms with Crippen molar-refractivity contribution < 1.29 is 14.7 Å². The fourth-order valence-electron chi connectivity index (χ4n) is 4.94. The zero-order chi connectivity index (χ0) is 22.0. The first kappa shape index (κ1) is 21.7. The van der Waals surface area contributed by atoms with Crippen LogP contribution in [0.15, 0.2) is 22.5 Å². The van der Waals surface area contributed by atoms with Gasteiger partial charge in [-0.25, -0.2) is 10.2 Å². The van der Waals surface area contributed by atoms with E-state index in [0.717, 1.165) is 62.2 Å². The lowest BCUT2D eigenvalue weighted by Gasteiger charge is -2.22. The summed E-state index contributed by atoms with van der Waals surface area (Å²) in [6.07, 6.45) is 9.80. The molecule has 7 heteroatoms. The number of carbonyl (C=O) groups is 1. The molecule has 0 saturated carbocycles. The molecule has 0 bridgehead atoms. The maximum absolute atomic E-state index is 12.8. The zero-order valence-electron chi connectivity index (χ0n) is 18.8. The van der Waals surface area contributed by atoms with E-state index in [4.69, 9.17) is 4.74 Å². The number of ether oxygens (including phenoxy) is 1. The average molecular weight is 427 g/mol. The van der Waals surface area contributed by atoms with Gasteiger partial charge in [-0.2, -0.15) is 5.17 Å². The number of allylic oxidation sites excluding steroid dienone is 2. The number of carbonyl (C=O) groups excluding carboxylic acids is 1. The van der Waals surface area contributed by atoms with Crippen LogP contribution in [0.3, 0.4) is 0 Å². The fourth-order valence-corrected chi connectivity index (χ4v) is 4.94. The Balaban J connectivity index is 1.51. The van der Waals surface area contributed by atoms with Crippen molar-refractivity contribution in [3.8, 4) is 0 Å². The molecule has 2 aliphatic carbocycles. The van der Waals surface area contributed by atoms with Gasteiger partial charge in [-0.05, 0) is 86.5 Å². The highest BCUT2D eigenvalue weighted by Crippen LogP contribution is 2.38. The molecular formula is C24H34N4O3. The molecule has 0 spiro atoms. The molecule has 1 unspecified atom stereocenters. The van der Waals surface area contributed by atoms with Crippen molar-refractivity contribution in [1.29, 1.82) is 0 Å². The Morgan fingerprint density at radius 1 is 1.23 bits per heavy atom. The van der Waals surface area contributed by atoms with E-state index >= 15 is 0 Å². The predicted molar refractivity (Wildman–Crippen MR) is 121 cm³/mol. The fraction of sp³-hybridized carbons (Fsp3) is 0.583. The van der Waals surface area contributed by atoms with Crippen molar-refractivity contribution in [3.05, 3.63) is 39.8 Å². The van der Waals surface area contributed by atoms with Crippen molar-refractivity contribution in [2.45, 2.75) is 78.2 Å². The second-order valence-electron chi connectivity index (χ2n) is 9.05. The quantitative estimate of drug-likeness (QED) is 0.618. The molecule has 1 aromatic carbocycles. The summed E-state index contributed by atoms with van der Waals surface area (Å²) >= 11 is 0. The smallest absolute Gasteiger partial charge is 0.339 e. The minimum absolute atomic E-state index is 0.163. The first-order valence-corrected chi connectivity index (χ1v) is 11.6. The van der Waals surface area contributed by atoms with Gasteiger partial charge in [-0.3, -0.25) is 10.2 Å². The van der Waals surface area contributed by atoms with Crippen molar-refractivity contribution in [1.82, 2.24) is 10.6 Å². The molecule has 3 aliphatic rings. The number of hydrogen-bond acceptors (Lipinski definition) is 5. The highest BCUT2D eigenvalue weighted by atomic mass is 16.5.